The summed E-state index contributed by atoms with van der Waals surface area (Å²) in [6, 6.07) is 1.18. The predicted molar refractivity (Wildman–Crippen MR) is 69.7 cm³/mol. The van der Waals surface area contributed by atoms with Crippen LogP contribution in [0.3, 0.4) is 0 Å². The van der Waals surface area contributed by atoms with Crippen LogP contribution in [0.4, 0.5) is 0 Å². The monoisotopic (exact) mass is 256 g/mol. The van der Waals surface area contributed by atoms with Gasteiger partial charge in [0.2, 0.25) is 0 Å². The molecular weight excluding hydrogens is 236 g/mol. The number of aromatic nitrogens is 2. The summed E-state index contributed by atoms with van der Waals surface area (Å²) in [5.41, 5.74) is 3.48. The minimum atomic E-state index is 0.592. The molecule has 5 heteroatoms. The van der Waals surface area contributed by atoms with Gasteiger partial charge in [0, 0.05) is 19.1 Å². The largest absolute Gasteiger partial charge is 0.321 e. The molecule has 1 saturated heterocycles. The zero-order valence-corrected chi connectivity index (χ0v) is 11.5. The van der Waals surface area contributed by atoms with Crippen LogP contribution in [0.1, 0.15) is 38.9 Å². The van der Waals surface area contributed by atoms with E-state index < -0.39 is 0 Å². The summed E-state index contributed by atoms with van der Waals surface area (Å²) < 4.78 is 1.91. The zero-order valence-electron chi connectivity index (χ0n) is 10.8. The fraction of sp³-hybridized carbons (Fsp3) is 0.750. The molecular formula is C12H21ClN4. The van der Waals surface area contributed by atoms with Gasteiger partial charge in [0.25, 0.3) is 0 Å². The van der Waals surface area contributed by atoms with Gasteiger partial charge in [0.05, 0.1) is 12.7 Å². The Morgan fingerprint density at radius 3 is 2.59 bits per heavy atom. The van der Waals surface area contributed by atoms with E-state index in [9.17, 15) is 0 Å². The maximum absolute atomic E-state index is 5.97. The van der Waals surface area contributed by atoms with Gasteiger partial charge in [-0.15, -0.1) is 0 Å². The van der Waals surface area contributed by atoms with E-state index >= 15 is 0 Å². The highest BCUT2D eigenvalue weighted by Gasteiger charge is 2.24. The molecule has 2 unspecified atom stereocenters. The van der Waals surface area contributed by atoms with E-state index in [-0.39, 0.29) is 0 Å². The summed E-state index contributed by atoms with van der Waals surface area (Å²) in [4.78, 5) is 4.29. The van der Waals surface area contributed by atoms with E-state index in [0.29, 0.717) is 17.2 Å². The lowest BCUT2D eigenvalue weighted by molar-refractivity contribution is 0.0423. The van der Waals surface area contributed by atoms with Gasteiger partial charge in [-0.1, -0.05) is 18.0 Å². The molecule has 1 aliphatic rings. The minimum absolute atomic E-state index is 0.592. The van der Waals surface area contributed by atoms with Crippen LogP contribution in [0.15, 0.2) is 6.20 Å². The second-order valence-corrected chi connectivity index (χ2v) is 5.31. The molecule has 2 heterocycles. The van der Waals surface area contributed by atoms with Crippen molar-refractivity contribution in [1.82, 2.24) is 20.0 Å². The van der Waals surface area contributed by atoms with Crippen LogP contribution in [-0.2, 0) is 13.6 Å². The van der Waals surface area contributed by atoms with Gasteiger partial charge in [-0.25, -0.2) is 15.4 Å². The van der Waals surface area contributed by atoms with Crippen LogP contribution in [0.25, 0.3) is 0 Å². The first-order valence-electron chi connectivity index (χ1n) is 6.27. The number of nitrogens with one attached hydrogen (secondary N) is 1. The first kappa shape index (κ1) is 12.9. The molecule has 0 aliphatic carbocycles. The van der Waals surface area contributed by atoms with Crippen molar-refractivity contribution in [2.45, 2.75) is 51.7 Å². The summed E-state index contributed by atoms with van der Waals surface area (Å²) in [7, 11) is 1.94. The molecule has 0 amide bonds. The minimum Gasteiger partial charge on any atom is -0.321 e. The summed E-state index contributed by atoms with van der Waals surface area (Å²) in [5, 5.41) is 3.04. The Morgan fingerprint density at radius 2 is 2.06 bits per heavy atom. The summed E-state index contributed by atoms with van der Waals surface area (Å²) in [6.45, 7) is 5.28. The number of piperidine rings is 1. The number of hydrogen-bond donors (Lipinski definition) is 1. The molecule has 4 nitrogen and oxygen atoms in total. The molecule has 1 aromatic rings. The molecule has 0 spiro atoms. The molecule has 1 aromatic heterocycles. The standard InChI is InChI=1S/C12H21ClN4/c1-9-5-4-6-10(2)17(9)15-8-12-14-7-11(13)16(12)3/h7,9-10,15H,4-6,8H2,1-3H3. The van der Waals surface area contributed by atoms with Gasteiger partial charge in [0.15, 0.2) is 0 Å². The predicted octanol–water partition coefficient (Wildman–Crippen LogP) is 2.34. The highest BCUT2D eigenvalue weighted by atomic mass is 35.5. The summed E-state index contributed by atoms with van der Waals surface area (Å²) >= 11 is 5.97. The SMILES string of the molecule is CC1CCCC(C)N1NCc1ncc(Cl)n1C. The number of imidazole rings is 1. The van der Waals surface area contributed by atoms with Crippen molar-refractivity contribution in [2.75, 3.05) is 0 Å². The Labute approximate surface area is 108 Å². The lowest BCUT2D eigenvalue weighted by Crippen LogP contribution is -2.51. The first-order valence-corrected chi connectivity index (χ1v) is 6.65. The molecule has 1 aliphatic heterocycles. The molecule has 0 radical (unpaired) electrons. The molecule has 1 N–H and O–H groups in total. The Kier molecular flexibility index (Phi) is 4.07. The Morgan fingerprint density at radius 1 is 1.41 bits per heavy atom. The first-order chi connectivity index (χ1) is 8.09. The molecule has 2 rings (SSSR count). The van der Waals surface area contributed by atoms with E-state index in [4.69, 9.17) is 11.6 Å². The highest BCUT2D eigenvalue weighted by molar-refractivity contribution is 6.29. The van der Waals surface area contributed by atoms with Crippen LogP contribution in [0.5, 0.6) is 0 Å². The van der Waals surface area contributed by atoms with Crippen LogP contribution >= 0.6 is 11.6 Å². The van der Waals surface area contributed by atoms with Crippen molar-refractivity contribution in [2.24, 2.45) is 7.05 Å². The zero-order chi connectivity index (χ0) is 12.4. The number of nitrogens with zero attached hydrogens (tertiary/aromatic N) is 3. The van der Waals surface area contributed by atoms with Crippen LogP contribution in [-0.4, -0.2) is 26.6 Å². The third-order valence-corrected chi connectivity index (χ3v) is 3.99. The number of hydrogen-bond acceptors (Lipinski definition) is 3. The molecule has 96 valence electrons. The number of halogens is 1. The average molecular weight is 257 g/mol. The normalized spacial score (nSPS) is 26.4. The van der Waals surface area contributed by atoms with Crippen molar-refractivity contribution in [3.63, 3.8) is 0 Å². The van der Waals surface area contributed by atoms with Gasteiger partial charge in [-0.2, -0.15) is 0 Å². The Hall–Kier alpha value is -0.580. The summed E-state index contributed by atoms with van der Waals surface area (Å²) in [6.07, 6.45) is 5.55. The maximum atomic E-state index is 5.97. The van der Waals surface area contributed by atoms with Crippen LogP contribution < -0.4 is 5.43 Å². The van der Waals surface area contributed by atoms with Gasteiger partial charge < -0.3 is 4.57 Å². The molecule has 1 fully saturated rings. The van der Waals surface area contributed by atoms with Gasteiger partial charge in [-0.05, 0) is 26.7 Å². The Bertz CT molecular complexity index is 367. The number of rotatable bonds is 3. The van der Waals surface area contributed by atoms with Crippen molar-refractivity contribution in [1.29, 1.82) is 0 Å². The van der Waals surface area contributed by atoms with Crippen molar-refractivity contribution >= 4 is 11.6 Å². The van der Waals surface area contributed by atoms with Gasteiger partial charge >= 0.3 is 0 Å². The van der Waals surface area contributed by atoms with E-state index in [1.54, 1.807) is 6.20 Å². The van der Waals surface area contributed by atoms with E-state index in [1.807, 2.05) is 11.6 Å². The quantitative estimate of drug-likeness (QED) is 0.901. The molecule has 0 saturated carbocycles. The van der Waals surface area contributed by atoms with E-state index in [2.05, 4.69) is 29.3 Å². The molecule has 2 atom stereocenters. The maximum Gasteiger partial charge on any atom is 0.128 e. The second kappa shape index (κ2) is 5.38. The average Bonchev–Trinajstić information content (AvgIpc) is 2.60. The van der Waals surface area contributed by atoms with Crippen LogP contribution in [0.2, 0.25) is 5.15 Å². The smallest absolute Gasteiger partial charge is 0.128 e. The van der Waals surface area contributed by atoms with E-state index in [1.165, 1.54) is 19.3 Å². The van der Waals surface area contributed by atoms with Gasteiger partial charge in [0.1, 0.15) is 11.0 Å². The van der Waals surface area contributed by atoms with Crippen LogP contribution in [0, 0.1) is 0 Å². The van der Waals surface area contributed by atoms with Crippen molar-refractivity contribution in [3.8, 4) is 0 Å². The van der Waals surface area contributed by atoms with Crippen molar-refractivity contribution < 1.29 is 0 Å². The third-order valence-electron chi connectivity index (χ3n) is 3.64. The van der Waals surface area contributed by atoms with E-state index in [0.717, 1.165) is 12.4 Å². The fourth-order valence-electron chi connectivity index (χ4n) is 2.48. The Balaban J connectivity index is 1.95. The molecule has 17 heavy (non-hydrogen) atoms. The lowest BCUT2D eigenvalue weighted by Gasteiger charge is -2.39. The molecule has 0 aromatic carbocycles. The third kappa shape index (κ3) is 2.81. The fourth-order valence-corrected chi connectivity index (χ4v) is 2.63. The highest BCUT2D eigenvalue weighted by Crippen LogP contribution is 2.20. The van der Waals surface area contributed by atoms with Gasteiger partial charge in [-0.3, -0.25) is 0 Å². The van der Waals surface area contributed by atoms with Crippen molar-refractivity contribution in [3.05, 3.63) is 17.2 Å². The lowest BCUT2D eigenvalue weighted by atomic mass is 10.00. The summed E-state index contributed by atoms with van der Waals surface area (Å²) in [5.74, 6) is 0.972. The topological polar surface area (TPSA) is 33.1 Å². The number of hydrazine groups is 1. The molecule has 0 bridgehead atoms. The second-order valence-electron chi connectivity index (χ2n) is 4.93.